The number of hydrogen-bond acceptors (Lipinski definition) is 2. The lowest BCUT2D eigenvalue weighted by molar-refractivity contribution is 0.101. The number of halogens is 3. The molecule has 1 aromatic heterocycles. The van der Waals surface area contributed by atoms with Crippen LogP contribution in [-0.2, 0) is 0 Å². The van der Waals surface area contributed by atoms with Crippen LogP contribution in [0.15, 0.2) is 51.4 Å². The highest BCUT2D eigenvalue weighted by molar-refractivity contribution is 9.10. The maximum Gasteiger partial charge on any atom is 0.228 e. The summed E-state index contributed by atoms with van der Waals surface area (Å²) in [6, 6.07) is 10.9. The van der Waals surface area contributed by atoms with Crippen molar-refractivity contribution in [3.8, 4) is 0 Å². The zero-order valence-electron chi connectivity index (χ0n) is 9.99. The zero-order valence-corrected chi connectivity index (χ0v) is 12.3. The summed E-state index contributed by atoms with van der Waals surface area (Å²) in [4.78, 5) is 12.3. The number of carbonyl (C=O) groups is 1. The highest BCUT2D eigenvalue weighted by atomic mass is 79.9. The van der Waals surface area contributed by atoms with Crippen molar-refractivity contribution in [3.05, 3.63) is 69.1 Å². The summed E-state index contributed by atoms with van der Waals surface area (Å²) in [6.45, 7) is 0. The summed E-state index contributed by atoms with van der Waals surface area (Å²) in [6.07, 6.45) is 0. The normalized spacial score (nSPS) is 10.9. The SMILES string of the molecule is O=C(c1ccc(Br)c(F)c1)c1cc2cc(Cl)ccc2o1. The quantitative estimate of drug-likeness (QED) is 0.591. The first-order valence-electron chi connectivity index (χ1n) is 5.73. The van der Waals surface area contributed by atoms with Crippen LogP contribution in [0.1, 0.15) is 16.1 Å². The largest absolute Gasteiger partial charge is 0.453 e. The Morgan fingerprint density at radius 1 is 1.15 bits per heavy atom. The second kappa shape index (κ2) is 5.04. The molecule has 0 aliphatic rings. The smallest absolute Gasteiger partial charge is 0.228 e. The molecule has 5 heteroatoms. The van der Waals surface area contributed by atoms with E-state index in [1.807, 2.05) is 0 Å². The Hall–Kier alpha value is -1.65. The van der Waals surface area contributed by atoms with E-state index in [2.05, 4.69) is 15.9 Å². The van der Waals surface area contributed by atoms with Gasteiger partial charge in [0, 0.05) is 16.0 Å². The molecule has 1 heterocycles. The number of carbonyl (C=O) groups excluding carboxylic acids is 1. The van der Waals surface area contributed by atoms with E-state index in [1.165, 1.54) is 18.2 Å². The van der Waals surface area contributed by atoms with Crippen molar-refractivity contribution in [3.63, 3.8) is 0 Å². The molecule has 2 aromatic carbocycles. The lowest BCUT2D eigenvalue weighted by Gasteiger charge is -1.99. The monoisotopic (exact) mass is 352 g/mol. The van der Waals surface area contributed by atoms with Gasteiger partial charge in [-0.2, -0.15) is 0 Å². The summed E-state index contributed by atoms with van der Waals surface area (Å²) in [7, 11) is 0. The van der Waals surface area contributed by atoms with Crippen molar-refractivity contribution < 1.29 is 13.6 Å². The Kier molecular flexibility index (Phi) is 3.36. The molecule has 0 unspecified atom stereocenters. The Balaban J connectivity index is 2.05. The Morgan fingerprint density at radius 2 is 1.95 bits per heavy atom. The average Bonchev–Trinajstić information content (AvgIpc) is 2.84. The van der Waals surface area contributed by atoms with Gasteiger partial charge in [0.2, 0.25) is 5.78 Å². The van der Waals surface area contributed by atoms with Crippen LogP contribution in [0.5, 0.6) is 0 Å². The fourth-order valence-corrected chi connectivity index (χ4v) is 2.33. The predicted molar refractivity (Wildman–Crippen MR) is 78.8 cm³/mol. The second-order valence-electron chi connectivity index (χ2n) is 4.25. The van der Waals surface area contributed by atoms with E-state index < -0.39 is 5.82 Å². The fraction of sp³-hybridized carbons (Fsp3) is 0. The summed E-state index contributed by atoms with van der Waals surface area (Å²) in [5.74, 6) is -0.706. The zero-order chi connectivity index (χ0) is 14.3. The van der Waals surface area contributed by atoms with Crippen LogP contribution >= 0.6 is 27.5 Å². The molecule has 0 N–H and O–H groups in total. The van der Waals surface area contributed by atoms with Crippen molar-refractivity contribution >= 4 is 44.3 Å². The van der Waals surface area contributed by atoms with E-state index in [1.54, 1.807) is 24.3 Å². The van der Waals surface area contributed by atoms with E-state index in [0.29, 0.717) is 15.1 Å². The third-order valence-corrected chi connectivity index (χ3v) is 3.76. The Bertz CT molecular complexity index is 826. The minimum Gasteiger partial charge on any atom is -0.453 e. The molecule has 0 aliphatic heterocycles. The van der Waals surface area contributed by atoms with Gasteiger partial charge in [0.25, 0.3) is 0 Å². The average molecular weight is 354 g/mol. The van der Waals surface area contributed by atoms with Gasteiger partial charge in [0.1, 0.15) is 11.4 Å². The molecule has 3 rings (SSSR count). The van der Waals surface area contributed by atoms with Crippen LogP contribution < -0.4 is 0 Å². The first-order valence-corrected chi connectivity index (χ1v) is 6.90. The van der Waals surface area contributed by atoms with E-state index in [-0.39, 0.29) is 17.1 Å². The Morgan fingerprint density at radius 3 is 2.70 bits per heavy atom. The van der Waals surface area contributed by atoms with Crippen LogP contribution in [0, 0.1) is 5.82 Å². The van der Waals surface area contributed by atoms with Gasteiger partial charge < -0.3 is 4.42 Å². The predicted octanol–water partition coefficient (Wildman–Crippen LogP) is 5.22. The van der Waals surface area contributed by atoms with E-state index in [9.17, 15) is 9.18 Å². The molecule has 0 atom stereocenters. The van der Waals surface area contributed by atoms with Gasteiger partial charge in [-0.25, -0.2) is 4.39 Å². The maximum absolute atomic E-state index is 13.5. The first kappa shape index (κ1) is 13.3. The van der Waals surface area contributed by atoms with Crippen LogP contribution in [0.2, 0.25) is 5.02 Å². The molecule has 0 amide bonds. The van der Waals surface area contributed by atoms with E-state index >= 15 is 0 Å². The number of fused-ring (bicyclic) bond motifs is 1. The molecule has 0 spiro atoms. The minimum absolute atomic E-state index is 0.156. The van der Waals surface area contributed by atoms with E-state index in [0.717, 1.165) is 5.39 Å². The summed E-state index contributed by atoms with van der Waals surface area (Å²) < 4.78 is 19.2. The lowest BCUT2D eigenvalue weighted by atomic mass is 10.1. The molecule has 0 radical (unpaired) electrons. The van der Waals surface area contributed by atoms with Gasteiger partial charge in [-0.15, -0.1) is 0 Å². The highest BCUT2D eigenvalue weighted by Gasteiger charge is 2.16. The summed E-state index contributed by atoms with van der Waals surface area (Å²) in [5.41, 5.74) is 0.797. The van der Waals surface area contributed by atoms with Crippen LogP contribution in [0.4, 0.5) is 4.39 Å². The van der Waals surface area contributed by atoms with Crippen molar-refractivity contribution in [1.29, 1.82) is 0 Å². The summed E-state index contributed by atoms with van der Waals surface area (Å²) in [5, 5.41) is 1.30. The van der Waals surface area contributed by atoms with Crippen LogP contribution in [-0.4, -0.2) is 5.78 Å². The molecule has 2 nitrogen and oxygen atoms in total. The third kappa shape index (κ3) is 2.37. The fourth-order valence-electron chi connectivity index (χ4n) is 1.91. The molecule has 20 heavy (non-hydrogen) atoms. The lowest BCUT2D eigenvalue weighted by Crippen LogP contribution is -2.00. The number of ketones is 1. The molecule has 3 aromatic rings. The standard InChI is InChI=1S/C15H7BrClFO2/c16-11-3-1-8(6-12(11)18)15(19)14-7-9-5-10(17)2-4-13(9)20-14/h1-7H. The van der Waals surface area contributed by atoms with Gasteiger partial charge in [-0.3, -0.25) is 4.79 Å². The van der Waals surface area contributed by atoms with Crippen LogP contribution in [0.3, 0.4) is 0 Å². The number of furan rings is 1. The molecule has 100 valence electrons. The molecule has 0 fully saturated rings. The van der Waals surface area contributed by atoms with Crippen molar-refractivity contribution in [1.82, 2.24) is 0 Å². The van der Waals surface area contributed by atoms with Crippen molar-refractivity contribution in [2.45, 2.75) is 0 Å². The van der Waals surface area contributed by atoms with Crippen molar-refractivity contribution in [2.75, 3.05) is 0 Å². The third-order valence-electron chi connectivity index (χ3n) is 2.88. The van der Waals surface area contributed by atoms with Gasteiger partial charge in [-0.05, 0) is 58.4 Å². The molecule has 0 aliphatic carbocycles. The van der Waals surface area contributed by atoms with Gasteiger partial charge >= 0.3 is 0 Å². The highest BCUT2D eigenvalue weighted by Crippen LogP contribution is 2.25. The second-order valence-corrected chi connectivity index (χ2v) is 5.54. The van der Waals surface area contributed by atoms with Gasteiger partial charge in [-0.1, -0.05) is 11.6 Å². The number of hydrogen-bond donors (Lipinski definition) is 0. The molecule has 0 bridgehead atoms. The van der Waals surface area contributed by atoms with Crippen molar-refractivity contribution in [2.24, 2.45) is 0 Å². The van der Waals surface area contributed by atoms with Gasteiger partial charge in [0.15, 0.2) is 5.76 Å². The number of rotatable bonds is 2. The summed E-state index contributed by atoms with van der Waals surface area (Å²) >= 11 is 8.93. The number of benzene rings is 2. The molecular formula is C15H7BrClFO2. The maximum atomic E-state index is 13.5. The molecular weight excluding hydrogens is 347 g/mol. The first-order chi connectivity index (χ1) is 9.54. The molecule has 0 saturated carbocycles. The van der Waals surface area contributed by atoms with E-state index in [4.69, 9.17) is 16.0 Å². The van der Waals surface area contributed by atoms with Crippen LogP contribution in [0.25, 0.3) is 11.0 Å². The van der Waals surface area contributed by atoms with Gasteiger partial charge in [0.05, 0.1) is 4.47 Å². The minimum atomic E-state index is -0.491. The Labute approximate surface area is 127 Å². The topological polar surface area (TPSA) is 30.2 Å². The molecule has 0 saturated heterocycles.